The predicted octanol–water partition coefficient (Wildman–Crippen LogP) is 4.46. The lowest BCUT2D eigenvalue weighted by atomic mass is 9.99. The van der Waals surface area contributed by atoms with E-state index in [1.807, 2.05) is 54.6 Å². The molecule has 1 heterocycles. The van der Waals surface area contributed by atoms with Gasteiger partial charge >= 0.3 is 0 Å². The van der Waals surface area contributed by atoms with E-state index in [9.17, 15) is 15.3 Å². The highest BCUT2D eigenvalue weighted by Gasteiger charge is 2.32. The highest BCUT2D eigenvalue weighted by molar-refractivity contribution is 7.14. The number of rotatable bonds is 5. The molecule has 0 amide bonds. The first-order chi connectivity index (χ1) is 16.0. The number of nitrogens with zero attached hydrogens (tertiary/aromatic N) is 3. The molecule has 7 heteroatoms. The summed E-state index contributed by atoms with van der Waals surface area (Å²) in [6, 6.07) is 24.3. The number of thiophene rings is 1. The van der Waals surface area contributed by atoms with E-state index in [1.54, 1.807) is 36.5 Å². The number of nitriles is 2. The minimum absolute atomic E-state index is 0.0876. The summed E-state index contributed by atoms with van der Waals surface area (Å²) in [5.74, 6) is 5.88. The Morgan fingerprint density at radius 1 is 0.970 bits per heavy atom. The van der Waals surface area contributed by atoms with Gasteiger partial charge in [0, 0.05) is 27.8 Å². The molecule has 1 aromatic heterocycles. The van der Waals surface area contributed by atoms with E-state index in [1.165, 1.54) is 16.3 Å². The van der Waals surface area contributed by atoms with Gasteiger partial charge in [-0.3, -0.25) is 4.79 Å². The van der Waals surface area contributed by atoms with E-state index in [-0.39, 0.29) is 11.4 Å². The Morgan fingerprint density at radius 3 is 2.33 bits per heavy atom. The molecule has 4 rings (SSSR count). The first-order valence-corrected chi connectivity index (χ1v) is 10.9. The first kappa shape index (κ1) is 21.8. The molecular formula is C26H19N5OS. The van der Waals surface area contributed by atoms with E-state index in [0.29, 0.717) is 34.5 Å². The lowest BCUT2D eigenvalue weighted by Gasteiger charge is -2.14. The van der Waals surface area contributed by atoms with Crippen LogP contribution in [0, 0.1) is 22.7 Å². The molecule has 0 saturated heterocycles. The van der Waals surface area contributed by atoms with Crippen molar-refractivity contribution in [3.63, 3.8) is 0 Å². The van der Waals surface area contributed by atoms with Crippen LogP contribution >= 0.6 is 11.3 Å². The van der Waals surface area contributed by atoms with Crippen molar-refractivity contribution in [3.05, 3.63) is 111 Å². The van der Waals surface area contributed by atoms with Gasteiger partial charge in [0.1, 0.15) is 17.7 Å². The predicted molar refractivity (Wildman–Crippen MR) is 130 cm³/mol. The molecule has 2 aromatic carbocycles. The number of carbonyl (C=O) groups is 1. The van der Waals surface area contributed by atoms with Crippen molar-refractivity contribution in [3.8, 4) is 12.1 Å². The molecule has 0 unspecified atom stereocenters. The zero-order chi connectivity index (χ0) is 23.4. The Balaban J connectivity index is 1.64. The zero-order valence-corrected chi connectivity index (χ0v) is 18.3. The van der Waals surface area contributed by atoms with Crippen LogP contribution in [0.25, 0.3) is 17.3 Å². The van der Waals surface area contributed by atoms with Crippen LogP contribution in [0.15, 0.2) is 84.1 Å². The molecule has 160 valence electrons. The van der Waals surface area contributed by atoms with Gasteiger partial charge < -0.3 is 10.7 Å². The second-order valence-corrected chi connectivity index (χ2v) is 8.47. The number of ketones is 1. The van der Waals surface area contributed by atoms with Gasteiger partial charge in [0.25, 0.3) is 0 Å². The zero-order valence-electron chi connectivity index (χ0n) is 17.5. The molecule has 0 aliphatic heterocycles. The lowest BCUT2D eigenvalue weighted by Crippen LogP contribution is -2.25. The van der Waals surface area contributed by atoms with Crippen molar-refractivity contribution in [2.45, 2.75) is 6.54 Å². The van der Waals surface area contributed by atoms with Crippen molar-refractivity contribution < 1.29 is 4.79 Å². The molecule has 1 aliphatic rings. The van der Waals surface area contributed by atoms with E-state index >= 15 is 0 Å². The van der Waals surface area contributed by atoms with E-state index in [2.05, 4.69) is 0 Å². The quantitative estimate of drug-likeness (QED) is 0.257. The van der Waals surface area contributed by atoms with E-state index < -0.39 is 0 Å². The second kappa shape index (κ2) is 9.37. The number of benzene rings is 2. The van der Waals surface area contributed by atoms with Crippen LogP contribution in [0.1, 0.15) is 31.2 Å². The first-order valence-electron chi connectivity index (χ1n) is 10.0. The Labute approximate surface area is 195 Å². The van der Waals surface area contributed by atoms with Gasteiger partial charge in [-0.1, -0.05) is 54.6 Å². The van der Waals surface area contributed by atoms with Crippen molar-refractivity contribution in [1.29, 1.82) is 10.5 Å². The molecule has 1 aliphatic carbocycles. The summed E-state index contributed by atoms with van der Waals surface area (Å²) >= 11 is 1.39. The molecule has 0 fully saturated rings. The Morgan fingerprint density at radius 2 is 1.64 bits per heavy atom. The van der Waals surface area contributed by atoms with Crippen molar-refractivity contribution >= 4 is 34.5 Å². The van der Waals surface area contributed by atoms with Crippen LogP contribution in [0.5, 0.6) is 0 Å². The smallest absolute Gasteiger partial charge is 0.194 e. The number of allylic oxidation sites excluding steroid dienone is 3. The van der Waals surface area contributed by atoms with Gasteiger partial charge in [-0.05, 0) is 29.3 Å². The van der Waals surface area contributed by atoms with Crippen molar-refractivity contribution in [1.82, 2.24) is 5.01 Å². The molecule has 3 aromatic rings. The third-order valence-electron chi connectivity index (χ3n) is 5.14. The Kier molecular flexibility index (Phi) is 6.19. The largest absolute Gasteiger partial charge is 0.396 e. The Bertz CT molecular complexity index is 1380. The molecule has 6 nitrogen and oxygen atoms in total. The van der Waals surface area contributed by atoms with Gasteiger partial charge in [-0.15, -0.1) is 11.3 Å². The van der Waals surface area contributed by atoms with Crippen LogP contribution in [0.3, 0.4) is 0 Å². The normalized spacial score (nSPS) is 14.0. The molecule has 4 N–H and O–H groups in total. The average molecular weight is 450 g/mol. The topological polar surface area (TPSA) is 120 Å². The summed E-state index contributed by atoms with van der Waals surface area (Å²) in [6.45, 7) is 0.510. The Hall–Kier alpha value is -4.43. The number of nitrogens with two attached hydrogens (primary N) is 2. The number of Topliss-reactive ketones (excluding diaryl/α,β-unsaturated/α-hetero) is 1. The summed E-state index contributed by atoms with van der Waals surface area (Å²) < 4.78 is 0. The summed E-state index contributed by atoms with van der Waals surface area (Å²) in [5.41, 5.74) is 9.50. The summed E-state index contributed by atoms with van der Waals surface area (Å²) in [6.07, 6.45) is 3.37. The minimum atomic E-state index is -0.210. The van der Waals surface area contributed by atoms with Gasteiger partial charge in [0.05, 0.1) is 17.1 Å². The molecule has 33 heavy (non-hydrogen) atoms. The maximum atomic E-state index is 13.0. The number of carbonyl (C=O) groups excluding carboxylic acids is 1. The van der Waals surface area contributed by atoms with Gasteiger partial charge in [-0.2, -0.15) is 10.5 Å². The van der Waals surface area contributed by atoms with Crippen LogP contribution in [-0.2, 0) is 6.54 Å². The van der Waals surface area contributed by atoms with Crippen LogP contribution in [0.4, 0.5) is 0 Å². The standard InChI is InChI=1S/C26H19N5OS/c27-13-18(14-28)25-20-8-4-5-9-21(20)26(32)22(25)12-19-10-11-24(33-19)23(29)16-31(30)15-17-6-2-1-3-7-17/h1-12,16H,15,29-30H2/b22-12-,23-16-. The molecular weight excluding hydrogens is 430 g/mol. The average Bonchev–Trinajstić information content (AvgIpc) is 3.40. The number of hydrazine groups is 1. The van der Waals surface area contributed by atoms with E-state index in [4.69, 9.17) is 11.6 Å². The maximum absolute atomic E-state index is 13.0. The van der Waals surface area contributed by atoms with E-state index in [0.717, 1.165) is 15.3 Å². The molecule has 0 atom stereocenters. The molecule has 0 spiro atoms. The van der Waals surface area contributed by atoms with Crippen LogP contribution < -0.4 is 11.6 Å². The van der Waals surface area contributed by atoms with Gasteiger partial charge in [0.2, 0.25) is 0 Å². The molecule has 0 bridgehead atoms. The van der Waals surface area contributed by atoms with Crippen molar-refractivity contribution in [2.24, 2.45) is 11.6 Å². The molecule has 0 saturated carbocycles. The fourth-order valence-corrected chi connectivity index (χ4v) is 4.53. The summed E-state index contributed by atoms with van der Waals surface area (Å²) in [7, 11) is 0. The number of hydrogen-bond donors (Lipinski definition) is 2. The van der Waals surface area contributed by atoms with Gasteiger partial charge in [0.15, 0.2) is 5.78 Å². The fourth-order valence-electron chi connectivity index (χ4n) is 3.66. The molecule has 0 radical (unpaired) electrons. The van der Waals surface area contributed by atoms with Gasteiger partial charge in [-0.25, -0.2) is 5.84 Å². The van der Waals surface area contributed by atoms with Crippen LogP contribution in [-0.4, -0.2) is 10.8 Å². The highest BCUT2D eigenvalue weighted by Crippen LogP contribution is 2.40. The number of hydrogen-bond acceptors (Lipinski definition) is 7. The SMILES string of the molecule is N#CC(C#N)=C1/C(=C/c2ccc(/C(N)=C/N(N)Cc3ccccc3)s2)C(=O)c2ccccc21. The summed E-state index contributed by atoms with van der Waals surface area (Å²) in [5, 5.41) is 20.4. The minimum Gasteiger partial charge on any atom is -0.396 e. The number of fused-ring (bicyclic) bond motifs is 1. The summed E-state index contributed by atoms with van der Waals surface area (Å²) in [4.78, 5) is 14.6. The third kappa shape index (κ3) is 4.46. The third-order valence-corrected chi connectivity index (χ3v) is 6.22. The maximum Gasteiger partial charge on any atom is 0.194 e. The second-order valence-electron chi connectivity index (χ2n) is 7.35. The van der Waals surface area contributed by atoms with Crippen molar-refractivity contribution in [2.75, 3.05) is 0 Å². The fraction of sp³-hybridized carbons (Fsp3) is 0.0385. The lowest BCUT2D eigenvalue weighted by molar-refractivity contribution is 0.104. The van der Waals surface area contributed by atoms with Crippen LogP contribution in [0.2, 0.25) is 0 Å². The monoisotopic (exact) mass is 449 g/mol. The highest BCUT2D eigenvalue weighted by atomic mass is 32.1.